The van der Waals surface area contributed by atoms with Crippen molar-refractivity contribution in [1.82, 2.24) is 10.2 Å². The van der Waals surface area contributed by atoms with Gasteiger partial charge in [-0.25, -0.2) is 8.78 Å². The Hall–Kier alpha value is -3.43. The van der Waals surface area contributed by atoms with E-state index in [1.54, 1.807) is 17.0 Å². The number of carbonyl (C=O) groups excluding carboxylic acids is 2. The number of fused-ring (bicyclic) bond motifs is 1. The molecular formula is C31H34F2N4O2S. The van der Waals surface area contributed by atoms with Gasteiger partial charge in [0.15, 0.2) is 0 Å². The summed E-state index contributed by atoms with van der Waals surface area (Å²) in [4.78, 5) is 34.0. The number of nitrogens with one attached hydrogen (secondary N) is 1. The summed E-state index contributed by atoms with van der Waals surface area (Å²) in [5, 5.41) is 2.49. The van der Waals surface area contributed by atoms with Gasteiger partial charge in [-0.1, -0.05) is 31.2 Å². The molecule has 1 fully saturated rings. The van der Waals surface area contributed by atoms with Crippen molar-refractivity contribution in [2.45, 2.75) is 30.0 Å². The fraction of sp³-hybridized carbons (Fsp3) is 0.355. The van der Waals surface area contributed by atoms with Crippen molar-refractivity contribution in [3.8, 4) is 0 Å². The highest BCUT2D eigenvalue weighted by molar-refractivity contribution is 8.01. The van der Waals surface area contributed by atoms with Crippen molar-refractivity contribution in [2.24, 2.45) is 5.92 Å². The van der Waals surface area contributed by atoms with Gasteiger partial charge in [0.05, 0.1) is 18.2 Å². The fourth-order valence-corrected chi connectivity index (χ4v) is 6.47. The topological polar surface area (TPSA) is 55.9 Å². The molecule has 5 rings (SSSR count). The molecule has 1 N–H and O–H groups in total. The summed E-state index contributed by atoms with van der Waals surface area (Å²) in [6, 6.07) is 20.5. The lowest BCUT2D eigenvalue weighted by Crippen LogP contribution is -2.48. The van der Waals surface area contributed by atoms with Crippen molar-refractivity contribution in [3.63, 3.8) is 0 Å². The van der Waals surface area contributed by atoms with E-state index in [1.807, 2.05) is 43.3 Å². The molecule has 40 heavy (non-hydrogen) atoms. The van der Waals surface area contributed by atoms with E-state index >= 15 is 0 Å². The van der Waals surface area contributed by atoms with Crippen molar-refractivity contribution in [2.75, 3.05) is 49.1 Å². The van der Waals surface area contributed by atoms with Gasteiger partial charge in [0.2, 0.25) is 11.8 Å². The number of piperazine rings is 1. The largest absolute Gasteiger partial charge is 0.369 e. The van der Waals surface area contributed by atoms with Crippen LogP contribution < -0.4 is 15.1 Å². The summed E-state index contributed by atoms with van der Waals surface area (Å²) in [5.74, 6) is -1.30. The molecule has 0 saturated carbocycles. The molecule has 2 amide bonds. The van der Waals surface area contributed by atoms with Crippen LogP contribution in [0.15, 0.2) is 77.7 Å². The van der Waals surface area contributed by atoms with Crippen molar-refractivity contribution >= 4 is 35.0 Å². The lowest BCUT2D eigenvalue weighted by Gasteiger charge is -2.36. The summed E-state index contributed by atoms with van der Waals surface area (Å²) in [6.07, 6.45) is 0.820. The third-order valence-electron chi connectivity index (χ3n) is 7.56. The highest BCUT2D eigenvalue weighted by Crippen LogP contribution is 2.42. The number of nitrogens with zero attached hydrogens (tertiary/aromatic N) is 3. The van der Waals surface area contributed by atoms with Crippen molar-refractivity contribution in [1.29, 1.82) is 0 Å². The molecule has 6 nitrogen and oxygen atoms in total. The first kappa shape index (κ1) is 28.1. The average molecular weight is 565 g/mol. The zero-order valence-electron chi connectivity index (χ0n) is 22.6. The second-order valence-electron chi connectivity index (χ2n) is 10.3. The Morgan fingerprint density at radius 2 is 1.60 bits per heavy atom. The zero-order valence-corrected chi connectivity index (χ0v) is 23.4. The van der Waals surface area contributed by atoms with Gasteiger partial charge in [0, 0.05) is 43.3 Å². The number of thioether (sulfide) groups is 1. The summed E-state index contributed by atoms with van der Waals surface area (Å²) in [6.45, 7) is 7.14. The van der Waals surface area contributed by atoms with Crippen LogP contribution in [-0.4, -0.2) is 61.2 Å². The predicted molar refractivity (Wildman–Crippen MR) is 156 cm³/mol. The molecule has 3 aromatic rings. The fourth-order valence-electron chi connectivity index (χ4n) is 5.19. The van der Waals surface area contributed by atoms with Crippen LogP contribution in [0, 0.1) is 17.6 Å². The van der Waals surface area contributed by atoms with Crippen LogP contribution in [0.25, 0.3) is 0 Å². The van der Waals surface area contributed by atoms with Gasteiger partial charge in [0.1, 0.15) is 16.9 Å². The van der Waals surface area contributed by atoms with Crippen molar-refractivity contribution < 1.29 is 18.4 Å². The van der Waals surface area contributed by atoms with E-state index in [2.05, 4.69) is 15.1 Å². The Morgan fingerprint density at radius 1 is 0.950 bits per heavy atom. The maximum absolute atomic E-state index is 13.6. The van der Waals surface area contributed by atoms with E-state index in [1.165, 1.54) is 36.0 Å². The second-order valence-corrected chi connectivity index (χ2v) is 11.5. The normalized spacial score (nSPS) is 18.4. The number of hydrogen-bond donors (Lipinski definition) is 1. The third-order valence-corrected chi connectivity index (χ3v) is 9.02. The molecule has 2 aliphatic rings. The number of benzene rings is 3. The molecule has 1 saturated heterocycles. The van der Waals surface area contributed by atoms with Crippen LogP contribution >= 0.6 is 11.8 Å². The highest BCUT2D eigenvalue weighted by atomic mass is 32.2. The minimum atomic E-state index is -0.546. The van der Waals surface area contributed by atoms with Gasteiger partial charge in [-0.15, -0.1) is 11.8 Å². The Kier molecular flexibility index (Phi) is 9.01. The molecule has 2 atom stereocenters. The molecular weight excluding hydrogens is 530 g/mol. The maximum Gasteiger partial charge on any atom is 0.241 e. The SMILES string of the molecule is C[C@@H](C(=O)NCCCN1CCN(c2ccc(F)cc2)CC1)[C@@H]1Sc2ccccc2N(Cc2ccc(F)cc2)C1=O. The molecule has 0 bridgehead atoms. The van der Waals surface area contributed by atoms with Crippen LogP contribution in [0.3, 0.4) is 0 Å². The molecule has 9 heteroatoms. The minimum Gasteiger partial charge on any atom is -0.369 e. The quantitative estimate of drug-likeness (QED) is 0.374. The summed E-state index contributed by atoms with van der Waals surface area (Å²) in [5.41, 5.74) is 2.67. The first-order valence-corrected chi connectivity index (χ1v) is 14.6. The van der Waals surface area contributed by atoms with Gasteiger partial charge in [-0.2, -0.15) is 0 Å². The lowest BCUT2D eigenvalue weighted by atomic mass is 10.0. The van der Waals surface area contributed by atoms with Crippen LogP contribution in [-0.2, 0) is 16.1 Å². The van der Waals surface area contributed by atoms with Gasteiger partial charge < -0.3 is 15.1 Å². The van der Waals surface area contributed by atoms with Gasteiger partial charge in [0.25, 0.3) is 0 Å². The van der Waals surface area contributed by atoms with Gasteiger partial charge in [-0.3, -0.25) is 14.5 Å². The lowest BCUT2D eigenvalue weighted by molar-refractivity contribution is -0.128. The molecule has 0 radical (unpaired) electrons. The number of para-hydroxylation sites is 1. The Bertz CT molecular complexity index is 1310. The number of halogens is 2. The Morgan fingerprint density at radius 3 is 2.30 bits per heavy atom. The third kappa shape index (κ3) is 6.64. The van der Waals surface area contributed by atoms with Crippen LogP contribution in [0.4, 0.5) is 20.2 Å². The number of rotatable bonds is 9. The zero-order chi connectivity index (χ0) is 28.1. The van der Waals surface area contributed by atoms with E-state index in [0.29, 0.717) is 13.1 Å². The maximum atomic E-state index is 13.6. The molecule has 0 aromatic heterocycles. The van der Waals surface area contributed by atoms with E-state index in [-0.39, 0.29) is 23.4 Å². The van der Waals surface area contributed by atoms with E-state index < -0.39 is 11.2 Å². The monoisotopic (exact) mass is 564 g/mol. The van der Waals surface area contributed by atoms with Crippen LogP contribution in [0.2, 0.25) is 0 Å². The summed E-state index contributed by atoms with van der Waals surface area (Å²) < 4.78 is 26.6. The van der Waals surface area contributed by atoms with E-state index in [9.17, 15) is 18.4 Å². The van der Waals surface area contributed by atoms with E-state index in [0.717, 1.165) is 61.0 Å². The molecule has 2 heterocycles. The Labute approximate surface area is 238 Å². The number of carbonyl (C=O) groups is 2. The first-order chi connectivity index (χ1) is 19.4. The molecule has 0 spiro atoms. The molecule has 210 valence electrons. The standard InChI is InChI=1S/C31H34F2N4O2S/c1-22(30(38)34-15-4-16-35-17-19-36(20-18-35)26-13-11-25(33)12-14-26)29-31(39)37(21-23-7-9-24(32)10-8-23)27-5-2-3-6-28(27)40-29/h2-3,5-14,22,29H,4,15-21H2,1H3,(H,34,38)/t22-,29+/m1/s1. The van der Waals surface area contributed by atoms with Gasteiger partial charge in [-0.05, 0) is 67.1 Å². The molecule has 0 aliphatic carbocycles. The van der Waals surface area contributed by atoms with Gasteiger partial charge >= 0.3 is 0 Å². The minimum absolute atomic E-state index is 0.116. The highest BCUT2D eigenvalue weighted by Gasteiger charge is 2.39. The molecule has 0 unspecified atom stereocenters. The summed E-state index contributed by atoms with van der Waals surface area (Å²) >= 11 is 1.43. The van der Waals surface area contributed by atoms with Crippen LogP contribution in [0.5, 0.6) is 0 Å². The number of anilines is 2. The van der Waals surface area contributed by atoms with Crippen LogP contribution in [0.1, 0.15) is 18.9 Å². The molecule has 2 aliphatic heterocycles. The smallest absolute Gasteiger partial charge is 0.241 e. The molecule has 3 aromatic carbocycles. The Balaban J connectivity index is 1.11. The first-order valence-electron chi connectivity index (χ1n) is 13.7. The average Bonchev–Trinajstić information content (AvgIpc) is 2.98. The second kappa shape index (κ2) is 12.8. The number of amides is 2. The summed E-state index contributed by atoms with van der Waals surface area (Å²) in [7, 11) is 0. The van der Waals surface area contributed by atoms with E-state index in [4.69, 9.17) is 0 Å². The predicted octanol–water partition coefficient (Wildman–Crippen LogP) is 4.94. The van der Waals surface area contributed by atoms with Crippen molar-refractivity contribution in [3.05, 3.63) is 90.0 Å². The number of hydrogen-bond acceptors (Lipinski definition) is 5.